The van der Waals surface area contributed by atoms with Gasteiger partial charge in [0.1, 0.15) is 0 Å². The van der Waals surface area contributed by atoms with E-state index in [0.29, 0.717) is 0 Å². The Bertz CT molecular complexity index is 162. The molecule has 0 bridgehead atoms. The van der Waals surface area contributed by atoms with E-state index in [1.165, 1.54) is 0 Å². The third-order valence-electron chi connectivity index (χ3n) is 2.03. The molecule has 0 aliphatic rings. The molecule has 0 heterocycles. The van der Waals surface area contributed by atoms with Gasteiger partial charge >= 0.3 is 11.9 Å². The number of hydrogen-bond acceptors (Lipinski definition) is 2. The molecule has 15 heavy (non-hydrogen) atoms. The van der Waals surface area contributed by atoms with Gasteiger partial charge < -0.3 is 10.2 Å². The van der Waals surface area contributed by atoms with Crippen LogP contribution in [0, 0.1) is 0 Å². The molecule has 0 saturated heterocycles. The van der Waals surface area contributed by atoms with Crippen LogP contribution in [0.3, 0.4) is 0 Å². The third kappa shape index (κ3) is 16.4. The summed E-state index contributed by atoms with van der Waals surface area (Å²) in [7, 11) is 0. The average molecular weight is 324 g/mol. The molecule has 0 aliphatic heterocycles. The van der Waals surface area contributed by atoms with Gasteiger partial charge in [0, 0.05) is 37.3 Å². The summed E-state index contributed by atoms with van der Waals surface area (Å²) in [4.78, 5) is 20.3. The number of aliphatic carboxylic acids is 2. The molecule has 0 unspecified atom stereocenters. The van der Waals surface area contributed by atoms with Gasteiger partial charge in [-0.2, -0.15) is 0 Å². The summed E-state index contributed by atoms with van der Waals surface area (Å²) < 4.78 is 0. The molecule has 4 nitrogen and oxygen atoms in total. The standard InChI is InChI=1S/C10H18O4.Sb/c11-9(12)7-5-3-1-2-4-6-8-10(13)14;/h1-8H2,(H,11,12)(H,13,14);. The van der Waals surface area contributed by atoms with Crippen LogP contribution in [0.15, 0.2) is 0 Å². The first-order valence-corrected chi connectivity index (χ1v) is 5.06. The van der Waals surface area contributed by atoms with Crippen LogP contribution in [0.1, 0.15) is 51.4 Å². The van der Waals surface area contributed by atoms with E-state index in [1.807, 2.05) is 0 Å². The first-order chi connectivity index (χ1) is 6.63. The van der Waals surface area contributed by atoms with E-state index in [1.54, 1.807) is 0 Å². The van der Waals surface area contributed by atoms with Crippen LogP contribution in [0.5, 0.6) is 0 Å². The van der Waals surface area contributed by atoms with Crippen molar-refractivity contribution in [1.29, 1.82) is 0 Å². The van der Waals surface area contributed by atoms with Crippen LogP contribution in [-0.4, -0.2) is 46.6 Å². The molecule has 0 aliphatic carbocycles. The minimum Gasteiger partial charge on any atom is -0.481 e. The van der Waals surface area contributed by atoms with E-state index < -0.39 is 11.9 Å². The molecule has 0 atom stereocenters. The average Bonchev–Trinajstić information content (AvgIpc) is 2.08. The van der Waals surface area contributed by atoms with Gasteiger partial charge in [-0.3, -0.25) is 9.59 Å². The second-order valence-corrected chi connectivity index (χ2v) is 3.41. The molecule has 0 aromatic heterocycles. The minimum absolute atomic E-state index is 0. The normalized spacial score (nSPS) is 9.33. The third-order valence-corrected chi connectivity index (χ3v) is 2.03. The Kier molecular flexibility index (Phi) is 13.5. The van der Waals surface area contributed by atoms with Crippen molar-refractivity contribution in [2.24, 2.45) is 0 Å². The Morgan fingerprint density at radius 2 is 0.933 bits per heavy atom. The van der Waals surface area contributed by atoms with E-state index in [-0.39, 0.29) is 37.3 Å². The SMILES string of the molecule is O=C(O)CCCCCCCCC(=O)O.[Sb]. The van der Waals surface area contributed by atoms with Crippen LogP contribution in [0.2, 0.25) is 0 Å². The van der Waals surface area contributed by atoms with Crippen molar-refractivity contribution in [3.63, 3.8) is 0 Å². The first kappa shape index (κ1) is 17.2. The van der Waals surface area contributed by atoms with Crippen molar-refractivity contribution in [3.8, 4) is 0 Å². The summed E-state index contributed by atoms with van der Waals surface area (Å²) >= 11 is 0. The minimum atomic E-state index is -0.740. The number of carboxylic acid groups (broad SMARTS) is 2. The van der Waals surface area contributed by atoms with Gasteiger partial charge in [-0.1, -0.05) is 25.7 Å². The van der Waals surface area contributed by atoms with Crippen LogP contribution in [-0.2, 0) is 9.59 Å². The number of carboxylic acids is 2. The maximum atomic E-state index is 10.1. The monoisotopic (exact) mass is 323 g/mol. The Balaban J connectivity index is 0. The molecule has 0 fully saturated rings. The van der Waals surface area contributed by atoms with Gasteiger partial charge in [0.15, 0.2) is 0 Å². The molecule has 5 heteroatoms. The molecular formula is C10H18O4Sb. The fourth-order valence-corrected chi connectivity index (χ4v) is 1.26. The molecule has 0 aromatic carbocycles. The van der Waals surface area contributed by atoms with Crippen LogP contribution < -0.4 is 0 Å². The van der Waals surface area contributed by atoms with Crippen LogP contribution >= 0.6 is 0 Å². The maximum Gasteiger partial charge on any atom is 0.303 e. The second-order valence-electron chi connectivity index (χ2n) is 3.41. The molecular weight excluding hydrogens is 306 g/mol. The van der Waals surface area contributed by atoms with Gasteiger partial charge in [0.25, 0.3) is 0 Å². The van der Waals surface area contributed by atoms with Gasteiger partial charge in [0.05, 0.1) is 0 Å². The summed E-state index contributed by atoms with van der Waals surface area (Å²) in [6.07, 6.45) is 5.82. The smallest absolute Gasteiger partial charge is 0.303 e. The molecule has 0 aromatic rings. The summed E-state index contributed by atoms with van der Waals surface area (Å²) in [6.45, 7) is 0. The van der Waals surface area contributed by atoms with E-state index in [0.717, 1.165) is 38.5 Å². The largest absolute Gasteiger partial charge is 0.481 e. The van der Waals surface area contributed by atoms with Crippen molar-refractivity contribution in [2.75, 3.05) is 0 Å². The maximum absolute atomic E-state index is 10.1. The van der Waals surface area contributed by atoms with Gasteiger partial charge in [0.2, 0.25) is 0 Å². The Hall–Kier alpha value is -0.242. The summed E-state index contributed by atoms with van der Waals surface area (Å²) in [5.74, 6) is -1.48. The van der Waals surface area contributed by atoms with Crippen molar-refractivity contribution in [1.82, 2.24) is 0 Å². The van der Waals surface area contributed by atoms with E-state index in [9.17, 15) is 9.59 Å². The van der Waals surface area contributed by atoms with Crippen molar-refractivity contribution < 1.29 is 19.8 Å². The fraction of sp³-hybridized carbons (Fsp3) is 0.800. The topological polar surface area (TPSA) is 74.6 Å². The van der Waals surface area contributed by atoms with Crippen LogP contribution in [0.25, 0.3) is 0 Å². The van der Waals surface area contributed by atoms with Crippen LogP contribution in [0.4, 0.5) is 0 Å². The van der Waals surface area contributed by atoms with Gasteiger partial charge in [-0.05, 0) is 12.8 Å². The number of hydrogen-bond donors (Lipinski definition) is 2. The number of rotatable bonds is 9. The molecule has 0 amide bonds. The molecule has 0 rings (SSSR count). The zero-order valence-electron chi connectivity index (χ0n) is 8.81. The Labute approximate surface area is 108 Å². The quantitative estimate of drug-likeness (QED) is 0.502. The molecule has 2 N–H and O–H groups in total. The molecule has 87 valence electrons. The van der Waals surface area contributed by atoms with Crippen molar-refractivity contribution in [2.45, 2.75) is 51.4 Å². The van der Waals surface area contributed by atoms with E-state index in [2.05, 4.69) is 0 Å². The van der Waals surface area contributed by atoms with Gasteiger partial charge in [-0.15, -0.1) is 0 Å². The summed E-state index contributed by atoms with van der Waals surface area (Å²) in [5.41, 5.74) is 0. The number of carbonyl (C=O) groups is 2. The van der Waals surface area contributed by atoms with Crippen molar-refractivity contribution >= 4 is 36.4 Å². The predicted molar refractivity (Wildman–Crippen MR) is 58.0 cm³/mol. The molecule has 0 saturated carbocycles. The fourth-order valence-electron chi connectivity index (χ4n) is 1.26. The second kappa shape index (κ2) is 11.8. The molecule has 0 spiro atoms. The zero-order valence-corrected chi connectivity index (χ0v) is 11.4. The summed E-state index contributed by atoms with van der Waals surface area (Å²) in [5, 5.41) is 16.7. The Morgan fingerprint density at radius 3 is 1.20 bits per heavy atom. The zero-order chi connectivity index (χ0) is 10.8. The Morgan fingerprint density at radius 1 is 0.667 bits per heavy atom. The first-order valence-electron chi connectivity index (χ1n) is 5.06. The van der Waals surface area contributed by atoms with Crippen molar-refractivity contribution in [3.05, 3.63) is 0 Å². The predicted octanol–water partition coefficient (Wildman–Crippen LogP) is 1.90. The number of unbranched alkanes of at least 4 members (excludes halogenated alkanes) is 5. The molecule has 3 radical (unpaired) electrons. The summed E-state index contributed by atoms with van der Waals surface area (Å²) in [6, 6.07) is 0. The van der Waals surface area contributed by atoms with E-state index >= 15 is 0 Å². The van der Waals surface area contributed by atoms with Gasteiger partial charge in [-0.25, -0.2) is 0 Å². The van der Waals surface area contributed by atoms with E-state index in [4.69, 9.17) is 10.2 Å².